The highest BCUT2D eigenvalue weighted by atomic mass is 16.3. The fourth-order valence-corrected chi connectivity index (χ4v) is 0.776. The quantitative estimate of drug-likeness (QED) is 0.585. The third-order valence-corrected chi connectivity index (χ3v) is 1.24. The molecular weight excluding hydrogens is 144 g/mol. The summed E-state index contributed by atoms with van der Waals surface area (Å²) in [7, 11) is 0. The summed E-state index contributed by atoms with van der Waals surface area (Å²) in [5.41, 5.74) is -0.108. The topological polar surface area (TPSA) is 57.5 Å². The second-order valence-electron chi connectivity index (χ2n) is 2.08. The van der Waals surface area contributed by atoms with Gasteiger partial charge in [0.05, 0.1) is 0 Å². The van der Waals surface area contributed by atoms with Gasteiger partial charge < -0.3 is 10.2 Å². The smallest absolute Gasteiger partial charge is 0.182 e. The van der Waals surface area contributed by atoms with Crippen LogP contribution in [0.15, 0.2) is 6.07 Å². The summed E-state index contributed by atoms with van der Waals surface area (Å²) in [5, 5.41) is 18.0. The van der Waals surface area contributed by atoms with Gasteiger partial charge in [0.25, 0.3) is 0 Å². The predicted molar refractivity (Wildman–Crippen MR) is 37.4 cm³/mol. The zero-order valence-electron chi connectivity index (χ0n) is 5.88. The van der Waals surface area contributed by atoms with Crippen LogP contribution in [0.3, 0.4) is 0 Å². The molecule has 1 aromatic carbocycles. The molecule has 0 aliphatic heterocycles. The van der Waals surface area contributed by atoms with Crippen LogP contribution in [0.1, 0.15) is 17.3 Å². The van der Waals surface area contributed by atoms with Crippen LogP contribution in [-0.4, -0.2) is 16.0 Å². The van der Waals surface area contributed by atoms with E-state index in [1.54, 1.807) is 0 Å². The standard InChI is InChI=1S/C8H6O3/c1-5(9)8-6(10)3-2-4-7(8)11/h3,10-11H,1H3. The van der Waals surface area contributed by atoms with Gasteiger partial charge in [-0.1, -0.05) is 6.07 Å². The van der Waals surface area contributed by atoms with E-state index in [1.165, 1.54) is 13.0 Å². The molecule has 0 heterocycles. The Kier molecular flexibility index (Phi) is 1.69. The molecule has 1 rings (SSSR count). The number of aromatic hydroxyl groups is 2. The van der Waals surface area contributed by atoms with Gasteiger partial charge in [0.15, 0.2) is 11.5 Å². The van der Waals surface area contributed by atoms with Crippen molar-refractivity contribution in [3.63, 3.8) is 0 Å². The van der Waals surface area contributed by atoms with Crippen LogP contribution in [0.25, 0.3) is 0 Å². The maximum absolute atomic E-state index is 10.7. The predicted octanol–water partition coefficient (Wildman–Crippen LogP) is 0.901. The van der Waals surface area contributed by atoms with Crippen molar-refractivity contribution in [1.29, 1.82) is 0 Å². The molecular formula is C8H6O3. The molecule has 3 nitrogen and oxygen atoms in total. The molecule has 0 amide bonds. The van der Waals surface area contributed by atoms with E-state index in [4.69, 9.17) is 10.2 Å². The lowest BCUT2D eigenvalue weighted by Gasteiger charge is -1.97. The maximum Gasteiger partial charge on any atom is 0.182 e. The van der Waals surface area contributed by atoms with E-state index in [0.717, 1.165) is 0 Å². The third-order valence-electron chi connectivity index (χ3n) is 1.24. The van der Waals surface area contributed by atoms with Crippen molar-refractivity contribution < 1.29 is 15.0 Å². The van der Waals surface area contributed by atoms with Crippen molar-refractivity contribution in [2.24, 2.45) is 0 Å². The highest BCUT2D eigenvalue weighted by molar-refractivity contribution is 5.98. The zero-order valence-corrected chi connectivity index (χ0v) is 5.88. The van der Waals surface area contributed by atoms with Gasteiger partial charge in [0.1, 0.15) is 11.3 Å². The second kappa shape index (κ2) is 2.51. The Morgan fingerprint density at radius 3 is 2.55 bits per heavy atom. The Bertz CT molecular complexity index is 271. The molecule has 0 bridgehead atoms. The highest BCUT2D eigenvalue weighted by Crippen LogP contribution is 2.23. The molecule has 0 aliphatic carbocycles. The molecule has 0 atom stereocenters. The first-order valence-corrected chi connectivity index (χ1v) is 2.98. The zero-order chi connectivity index (χ0) is 8.43. The number of hydrogen-bond donors (Lipinski definition) is 2. The summed E-state index contributed by atoms with van der Waals surface area (Å²) in [6.45, 7) is 1.25. The van der Waals surface area contributed by atoms with Gasteiger partial charge in [-0.25, -0.2) is 0 Å². The first kappa shape index (κ1) is 7.42. The van der Waals surface area contributed by atoms with Crippen LogP contribution < -0.4 is 0 Å². The molecule has 0 aromatic heterocycles. The molecule has 2 N–H and O–H groups in total. The van der Waals surface area contributed by atoms with Crippen LogP contribution in [0, 0.1) is 12.1 Å². The van der Waals surface area contributed by atoms with Gasteiger partial charge in [-0.05, 0) is 13.0 Å². The third kappa shape index (κ3) is 1.24. The van der Waals surface area contributed by atoms with Gasteiger partial charge in [0, 0.05) is 6.07 Å². The van der Waals surface area contributed by atoms with Gasteiger partial charge in [0.2, 0.25) is 0 Å². The van der Waals surface area contributed by atoms with Gasteiger partial charge in [-0.15, -0.1) is 0 Å². The normalized spacial score (nSPS) is 8.82. The van der Waals surface area contributed by atoms with Crippen LogP contribution in [-0.2, 0) is 0 Å². The van der Waals surface area contributed by atoms with Crippen LogP contribution in [0.5, 0.6) is 11.5 Å². The molecule has 0 aliphatic rings. The summed E-state index contributed by atoms with van der Waals surface area (Å²) in [6, 6.07) is 5.80. The summed E-state index contributed by atoms with van der Waals surface area (Å²) in [4.78, 5) is 10.7. The molecule has 56 valence electrons. The summed E-state index contributed by atoms with van der Waals surface area (Å²) < 4.78 is 0. The Labute approximate surface area is 63.9 Å². The summed E-state index contributed by atoms with van der Waals surface area (Å²) in [6.07, 6.45) is 0. The molecule has 0 unspecified atom stereocenters. The van der Waals surface area contributed by atoms with Gasteiger partial charge in [-0.2, -0.15) is 0 Å². The van der Waals surface area contributed by atoms with Crippen molar-refractivity contribution in [3.05, 3.63) is 23.8 Å². The first-order valence-electron chi connectivity index (χ1n) is 2.98. The molecule has 0 fully saturated rings. The lowest BCUT2D eigenvalue weighted by molar-refractivity contribution is 0.101. The Morgan fingerprint density at radius 2 is 2.18 bits per heavy atom. The van der Waals surface area contributed by atoms with E-state index in [1.807, 2.05) is 0 Å². The average Bonchev–Trinajstić information content (AvgIpc) is 1.85. The average molecular weight is 150 g/mol. The van der Waals surface area contributed by atoms with Crippen molar-refractivity contribution >= 4 is 5.78 Å². The first-order chi connectivity index (χ1) is 5.13. The molecule has 1 aromatic rings. The number of carbonyl (C=O) groups excluding carboxylic acids is 1. The molecule has 0 saturated carbocycles. The van der Waals surface area contributed by atoms with Crippen molar-refractivity contribution in [2.75, 3.05) is 0 Å². The maximum atomic E-state index is 10.7. The molecule has 3 heteroatoms. The van der Waals surface area contributed by atoms with E-state index >= 15 is 0 Å². The van der Waals surface area contributed by atoms with E-state index in [0.29, 0.717) is 0 Å². The lowest BCUT2D eigenvalue weighted by atomic mass is 10.1. The summed E-state index contributed by atoms with van der Waals surface area (Å²) in [5.74, 6) is -1.03. The number of hydrogen-bond acceptors (Lipinski definition) is 3. The summed E-state index contributed by atoms with van der Waals surface area (Å²) >= 11 is 0. The molecule has 0 spiro atoms. The number of ketones is 1. The van der Waals surface area contributed by atoms with E-state index < -0.39 is 5.78 Å². The van der Waals surface area contributed by atoms with E-state index in [2.05, 4.69) is 12.1 Å². The minimum Gasteiger partial charge on any atom is -0.506 e. The number of Topliss-reactive ketones (excluding diaryl/α,β-unsaturated/α-hetero) is 1. The van der Waals surface area contributed by atoms with Crippen molar-refractivity contribution in [1.82, 2.24) is 0 Å². The SMILES string of the molecule is CC(=O)c1c(O)c#ccc1O. The van der Waals surface area contributed by atoms with Crippen LogP contribution in [0.2, 0.25) is 0 Å². The minimum absolute atomic E-state index is 0.108. The Balaban J connectivity index is 3.32. The molecule has 0 radical (unpaired) electrons. The van der Waals surface area contributed by atoms with E-state index in [9.17, 15) is 4.79 Å². The van der Waals surface area contributed by atoms with Gasteiger partial charge in [-0.3, -0.25) is 4.79 Å². The second-order valence-corrected chi connectivity index (χ2v) is 2.08. The van der Waals surface area contributed by atoms with Crippen molar-refractivity contribution in [2.45, 2.75) is 6.92 Å². The molecule has 11 heavy (non-hydrogen) atoms. The fraction of sp³-hybridized carbons (Fsp3) is 0.125. The van der Waals surface area contributed by atoms with E-state index in [-0.39, 0.29) is 17.1 Å². The van der Waals surface area contributed by atoms with Crippen molar-refractivity contribution in [3.8, 4) is 11.5 Å². The fourth-order valence-electron chi connectivity index (χ4n) is 0.776. The highest BCUT2D eigenvalue weighted by Gasteiger charge is 2.10. The van der Waals surface area contributed by atoms with Gasteiger partial charge >= 0.3 is 0 Å². The monoisotopic (exact) mass is 150 g/mol. The lowest BCUT2D eigenvalue weighted by Crippen LogP contribution is -1.91. The van der Waals surface area contributed by atoms with Crippen LogP contribution >= 0.6 is 0 Å². The van der Waals surface area contributed by atoms with Crippen LogP contribution in [0.4, 0.5) is 0 Å². The minimum atomic E-state index is -0.398. The number of carbonyl (C=O) groups is 1. The molecule has 0 saturated heterocycles. The largest absolute Gasteiger partial charge is 0.506 e. The Morgan fingerprint density at radius 1 is 1.55 bits per heavy atom. The number of rotatable bonds is 1. The Hall–Kier alpha value is -1.69.